The summed E-state index contributed by atoms with van der Waals surface area (Å²) in [7, 11) is 0. The first-order valence-corrected chi connectivity index (χ1v) is 6.26. The molecular weight excluding hydrogens is 216 g/mol. The van der Waals surface area contributed by atoms with E-state index in [2.05, 4.69) is 41.2 Å². The molecule has 0 atom stereocenters. The lowest BCUT2D eigenvalue weighted by atomic mass is 10.2. The van der Waals surface area contributed by atoms with Gasteiger partial charge in [-0.25, -0.2) is 0 Å². The van der Waals surface area contributed by atoms with Crippen LogP contribution in [0.4, 0.5) is 0 Å². The van der Waals surface area contributed by atoms with Crippen LogP contribution in [0.1, 0.15) is 34.6 Å². The Morgan fingerprint density at radius 1 is 1.15 bits per heavy atom. The van der Waals surface area contributed by atoms with Gasteiger partial charge in [0.1, 0.15) is 3.53 Å². The number of rotatable bonds is 2. The van der Waals surface area contributed by atoms with Crippen molar-refractivity contribution in [1.29, 1.82) is 0 Å². The van der Waals surface area contributed by atoms with Crippen LogP contribution in [0, 0.1) is 0 Å². The van der Waals surface area contributed by atoms with Crippen molar-refractivity contribution in [2.45, 2.75) is 44.1 Å². The van der Waals surface area contributed by atoms with Gasteiger partial charge in [0.2, 0.25) is 0 Å². The van der Waals surface area contributed by atoms with Crippen molar-refractivity contribution < 1.29 is 0 Å². The smallest absolute Gasteiger partial charge is 0.102 e. The zero-order valence-corrected chi connectivity index (χ0v) is 11.5. The highest BCUT2D eigenvalue weighted by atomic mass is 32.2. The zero-order chi connectivity index (χ0) is 10.7. The maximum absolute atomic E-state index is 5.29. The minimum absolute atomic E-state index is 0.0509. The Morgan fingerprint density at radius 3 is 1.92 bits per heavy atom. The van der Waals surface area contributed by atoms with Gasteiger partial charge >= 0.3 is 0 Å². The van der Waals surface area contributed by atoms with Crippen LogP contribution in [0.2, 0.25) is 0 Å². The summed E-state index contributed by atoms with van der Waals surface area (Å²) in [4.78, 5) is 0. The van der Waals surface area contributed by atoms with Crippen molar-refractivity contribution in [2.75, 3.05) is 0 Å². The van der Waals surface area contributed by atoms with Crippen molar-refractivity contribution in [2.24, 2.45) is 0 Å². The maximum Gasteiger partial charge on any atom is 0.105 e. The van der Waals surface area contributed by atoms with E-state index in [0.29, 0.717) is 0 Å². The quantitative estimate of drug-likeness (QED) is 0.510. The van der Waals surface area contributed by atoms with Gasteiger partial charge in [-0.05, 0) is 13.8 Å². The molecule has 0 aromatic heterocycles. The number of thiocarbonyl (C=S) groups is 1. The summed E-state index contributed by atoms with van der Waals surface area (Å²) in [5.41, 5.74) is 0. The van der Waals surface area contributed by atoms with Gasteiger partial charge in [-0.15, -0.1) is 18.3 Å². The standard InChI is InChI=1S/C10H18S3/c1-7-10(5,6)13-8(11)12-9(2,3)4/h7H,1H2,2-6H3. The normalized spacial score (nSPS) is 12.7. The Bertz CT molecular complexity index is 199. The molecule has 0 radical (unpaired) electrons. The molecular formula is C10H18S3. The predicted molar refractivity (Wildman–Crippen MR) is 71.8 cm³/mol. The van der Waals surface area contributed by atoms with Crippen LogP contribution < -0.4 is 0 Å². The Labute approximate surface area is 95.9 Å². The van der Waals surface area contributed by atoms with E-state index in [4.69, 9.17) is 12.2 Å². The van der Waals surface area contributed by atoms with Crippen LogP contribution in [-0.4, -0.2) is 13.0 Å². The van der Waals surface area contributed by atoms with E-state index in [0.717, 1.165) is 3.53 Å². The predicted octanol–water partition coefficient (Wildman–Crippen LogP) is 4.50. The molecule has 0 aliphatic carbocycles. The largest absolute Gasteiger partial charge is 0.105 e. The van der Waals surface area contributed by atoms with E-state index >= 15 is 0 Å². The van der Waals surface area contributed by atoms with Crippen molar-refractivity contribution in [3.05, 3.63) is 12.7 Å². The monoisotopic (exact) mass is 234 g/mol. The third kappa shape index (κ3) is 7.59. The molecule has 0 fully saturated rings. The molecule has 13 heavy (non-hydrogen) atoms. The zero-order valence-electron chi connectivity index (χ0n) is 9.01. The van der Waals surface area contributed by atoms with Crippen LogP contribution in [0.25, 0.3) is 0 Å². The van der Waals surface area contributed by atoms with Crippen molar-refractivity contribution in [3.8, 4) is 0 Å². The van der Waals surface area contributed by atoms with Gasteiger partial charge in [0.05, 0.1) is 0 Å². The van der Waals surface area contributed by atoms with Crippen LogP contribution in [0.3, 0.4) is 0 Å². The SMILES string of the molecule is C=CC(C)(C)SC(=S)SC(C)(C)C. The Hall–Kier alpha value is 0.530. The second kappa shape index (κ2) is 4.85. The Morgan fingerprint density at radius 2 is 1.62 bits per heavy atom. The molecule has 0 aromatic carbocycles. The van der Waals surface area contributed by atoms with Gasteiger partial charge in [0, 0.05) is 9.49 Å². The highest BCUT2D eigenvalue weighted by Crippen LogP contribution is 2.36. The molecule has 0 aliphatic rings. The van der Waals surface area contributed by atoms with Gasteiger partial charge in [-0.3, -0.25) is 0 Å². The second-order valence-corrected chi connectivity index (χ2v) is 9.06. The molecule has 0 amide bonds. The molecule has 0 bridgehead atoms. The molecule has 0 spiro atoms. The summed E-state index contributed by atoms with van der Waals surface area (Å²) in [6.45, 7) is 14.6. The highest BCUT2D eigenvalue weighted by Gasteiger charge is 2.20. The van der Waals surface area contributed by atoms with Gasteiger partial charge in [0.25, 0.3) is 0 Å². The van der Waals surface area contributed by atoms with Crippen LogP contribution in [-0.2, 0) is 0 Å². The van der Waals surface area contributed by atoms with Gasteiger partial charge in [-0.2, -0.15) is 0 Å². The summed E-state index contributed by atoms with van der Waals surface area (Å²) in [5, 5.41) is 0. The van der Waals surface area contributed by atoms with E-state index in [1.165, 1.54) is 0 Å². The molecule has 0 rings (SSSR count). The third-order valence-electron chi connectivity index (χ3n) is 1.23. The van der Waals surface area contributed by atoms with Crippen molar-refractivity contribution in [3.63, 3.8) is 0 Å². The summed E-state index contributed by atoms with van der Waals surface area (Å²) in [5.74, 6) is 0. The molecule has 0 aliphatic heterocycles. The van der Waals surface area contributed by atoms with E-state index < -0.39 is 0 Å². The third-order valence-corrected chi connectivity index (χ3v) is 3.87. The highest BCUT2D eigenvalue weighted by molar-refractivity contribution is 8.48. The molecule has 0 unspecified atom stereocenters. The van der Waals surface area contributed by atoms with Crippen LogP contribution in [0.5, 0.6) is 0 Å². The lowest BCUT2D eigenvalue weighted by molar-refractivity contribution is 0.809. The molecule has 0 saturated carbocycles. The van der Waals surface area contributed by atoms with Gasteiger partial charge < -0.3 is 0 Å². The average molecular weight is 234 g/mol. The molecule has 76 valence electrons. The van der Waals surface area contributed by atoms with Crippen LogP contribution >= 0.6 is 35.7 Å². The fourth-order valence-corrected chi connectivity index (χ4v) is 4.50. The first-order valence-electron chi connectivity index (χ1n) is 4.22. The molecule has 3 heteroatoms. The van der Waals surface area contributed by atoms with E-state index in [-0.39, 0.29) is 9.49 Å². The van der Waals surface area contributed by atoms with E-state index in [1.54, 1.807) is 23.5 Å². The summed E-state index contributed by atoms with van der Waals surface area (Å²) >= 11 is 8.75. The first-order chi connectivity index (χ1) is 5.66. The molecule has 0 N–H and O–H groups in total. The van der Waals surface area contributed by atoms with E-state index in [9.17, 15) is 0 Å². The lowest BCUT2D eigenvalue weighted by Crippen LogP contribution is -2.15. The molecule has 0 saturated heterocycles. The Balaban J connectivity index is 4.10. The molecule has 0 aromatic rings. The van der Waals surface area contributed by atoms with Gasteiger partial charge in [-0.1, -0.05) is 50.8 Å². The van der Waals surface area contributed by atoms with Crippen molar-refractivity contribution in [1.82, 2.24) is 0 Å². The van der Waals surface area contributed by atoms with Crippen LogP contribution in [0.15, 0.2) is 12.7 Å². The second-order valence-electron chi connectivity index (χ2n) is 4.37. The summed E-state index contributed by atoms with van der Waals surface area (Å²) in [6, 6.07) is 0. The summed E-state index contributed by atoms with van der Waals surface area (Å²) in [6.07, 6.45) is 1.94. The topological polar surface area (TPSA) is 0 Å². The fraction of sp³-hybridized carbons (Fsp3) is 0.700. The minimum Gasteiger partial charge on any atom is -0.102 e. The van der Waals surface area contributed by atoms with E-state index in [1.807, 2.05) is 6.08 Å². The fourth-order valence-electron chi connectivity index (χ4n) is 0.527. The lowest BCUT2D eigenvalue weighted by Gasteiger charge is -2.23. The summed E-state index contributed by atoms with van der Waals surface area (Å²) < 4.78 is 1.26. The number of hydrogen-bond donors (Lipinski definition) is 0. The maximum atomic E-state index is 5.29. The molecule has 0 heterocycles. The number of hydrogen-bond acceptors (Lipinski definition) is 3. The molecule has 0 nitrogen and oxygen atoms in total. The average Bonchev–Trinajstić information content (AvgIpc) is 1.81. The van der Waals surface area contributed by atoms with Crippen molar-refractivity contribution >= 4 is 39.3 Å². The first kappa shape index (κ1) is 13.5. The Kier molecular flexibility index (Phi) is 5.05. The van der Waals surface area contributed by atoms with Gasteiger partial charge in [0.15, 0.2) is 0 Å². The minimum atomic E-state index is 0.0509. The number of thioether (sulfide) groups is 2.